The Hall–Kier alpha value is -1.21. The zero-order chi connectivity index (χ0) is 18.9. The summed E-state index contributed by atoms with van der Waals surface area (Å²) >= 11 is 0. The van der Waals surface area contributed by atoms with Crippen LogP contribution in [-0.2, 0) is 0 Å². The summed E-state index contributed by atoms with van der Waals surface area (Å²) in [5.41, 5.74) is -0.0896. The summed E-state index contributed by atoms with van der Waals surface area (Å²) in [4.78, 5) is 7.02. The summed E-state index contributed by atoms with van der Waals surface area (Å²) in [5, 5.41) is 20.7. The standard InChI is InChI=1S/C21H32FN3O2/c22-19-5-1-2-6-20(19)23-11-8-21(27,9-12-23)16-25-15-17-4-3-10-24(17)14-18(25)7-13-26/h1-2,5-6,17-18,26-27H,3-4,7-16H2/t17-,18+/m0/s1. The van der Waals surface area contributed by atoms with Crippen molar-refractivity contribution in [1.29, 1.82) is 0 Å². The molecule has 3 fully saturated rings. The van der Waals surface area contributed by atoms with E-state index in [2.05, 4.69) is 9.80 Å². The summed E-state index contributed by atoms with van der Waals surface area (Å²) in [6.07, 6.45) is 4.56. The second-order valence-corrected chi connectivity index (χ2v) is 8.55. The predicted molar refractivity (Wildman–Crippen MR) is 104 cm³/mol. The minimum Gasteiger partial charge on any atom is -0.396 e. The van der Waals surface area contributed by atoms with Crippen LogP contribution in [0.15, 0.2) is 24.3 Å². The van der Waals surface area contributed by atoms with E-state index in [0.29, 0.717) is 50.2 Å². The van der Waals surface area contributed by atoms with Crippen molar-refractivity contribution in [2.75, 3.05) is 50.8 Å². The van der Waals surface area contributed by atoms with Gasteiger partial charge in [-0.05, 0) is 50.8 Å². The van der Waals surface area contributed by atoms with E-state index in [0.717, 1.165) is 19.5 Å². The molecule has 0 aliphatic carbocycles. The SMILES string of the molecule is OCC[C@@H]1CN2CCC[C@H]2CN1CC1(O)CCN(c2ccccc2F)CC1. The number of hydrogen-bond acceptors (Lipinski definition) is 5. The van der Waals surface area contributed by atoms with Crippen LogP contribution in [0.2, 0.25) is 0 Å². The molecule has 0 amide bonds. The first-order chi connectivity index (χ1) is 13.1. The number of halogens is 1. The molecular formula is C21H32FN3O2. The quantitative estimate of drug-likeness (QED) is 0.818. The van der Waals surface area contributed by atoms with Crippen molar-refractivity contribution < 1.29 is 14.6 Å². The fourth-order valence-electron chi connectivity index (χ4n) is 5.17. The number of β-amino-alcohol motifs (C(OH)–C–C–N with tert-alkyl or cyclic N) is 1. The Labute approximate surface area is 161 Å². The molecule has 2 N–H and O–H groups in total. The fraction of sp³-hybridized carbons (Fsp3) is 0.714. The van der Waals surface area contributed by atoms with Gasteiger partial charge in [-0.15, -0.1) is 0 Å². The van der Waals surface area contributed by atoms with E-state index in [4.69, 9.17) is 0 Å². The molecular weight excluding hydrogens is 345 g/mol. The molecule has 0 unspecified atom stereocenters. The molecule has 0 bridgehead atoms. The zero-order valence-corrected chi connectivity index (χ0v) is 16.1. The third kappa shape index (κ3) is 4.14. The number of piperidine rings is 1. The van der Waals surface area contributed by atoms with Gasteiger partial charge in [-0.1, -0.05) is 12.1 Å². The molecule has 3 aliphatic heterocycles. The number of hydrogen-bond donors (Lipinski definition) is 2. The Balaban J connectivity index is 1.39. The van der Waals surface area contributed by atoms with Gasteiger partial charge in [0.25, 0.3) is 0 Å². The lowest BCUT2D eigenvalue weighted by Gasteiger charge is -2.48. The third-order valence-electron chi connectivity index (χ3n) is 6.75. The number of piperazine rings is 1. The zero-order valence-electron chi connectivity index (χ0n) is 16.1. The molecule has 0 radical (unpaired) electrons. The average molecular weight is 378 g/mol. The normalized spacial score (nSPS) is 29.1. The van der Waals surface area contributed by atoms with Crippen LogP contribution in [0.3, 0.4) is 0 Å². The van der Waals surface area contributed by atoms with Gasteiger partial charge >= 0.3 is 0 Å². The van der Waals surface area contributed by atoms with Gasteiger partial charge in [-0.25, -0.2) is 4.39 Å². The lowest BCUT2D eigenvalue weighted by atomic mass is 9.89. The summed E-state index contributed by atoms with van der Waals surface area (Å²) in [6, 6.07) is 7.80. The molecule has 0 saturated carbocycles. The molecule has 1 aromatic carbocycles. The van der Waals surface area contributed by atoms with Crippen LogP contribution in [0, 0.1) is 5.82 Å². The van der Waals surface area contributed by atoms with Crippen LogP contribution >= 0.6 is 0 Å². The van der Waals surface area contributed by atoms with E-state index in [1.165, 1.54) is 25.5 Å². The van der Waals surface area contributed by atoms with Crippen LogP contribution in [-0.4, -0.2) is 83.6 Å². The first kappa shape index (κ1) is 19.1. The number of fused-ring (bicyclic) bond motifs is 1. The molecule has 150 valence electrons. The minimum absolute atomic E-state index is 0.191. The van der Waals surface area contributed by atoms with E-state index >= 15 is 0 Å². The summed E-state index contributed by atoms with van der Waals surface area (Å²) < 4.78 is 14.1. The second kappa shape index (κ2) is 8.03. The number of benzene rings is 1. The maximum Gasteiger partial charge on any atom is 0.146 e. The van der Waals surface area contributed by atoms with E-state index in [-0.39, 0.29) is 12.4 Å². The number of para-hydroxylation sites is 1. The number of rotatable bonds is 5. The molecule has 3 heterocycles. The monoisotopic (exact) mass is 377 g/mol. The first-order valence-corrected chi connectivity index (χ1v) is 10.4. The van der Waals surface area contributed by atoms with Crippen molar-refractivity contribution in [2.45, 2.75) is 49.8 Å². The molecule has 2 atom stereocenters. The van der Waals surface area contributed by atoms with Gasteiger partial charge in [0.05, 0.1) is 11.3 Å². The van der Waals surface area contributed by atoms with Crippen LogP contribution in [0.4, 0.5) is 10.1 Å². The minimum atomic E-state index is -0.726. The van der Waals surface area contributed by atoms with Gasteiger partial charge in [0, 0.05) is 51.4 Å². The highest BCUT2D eigenvalue weighted by Gasteiger charge is 2.41. The molecule has 0 spiro atoms. The van der Waals surface area contributed by atoms with Crippen LogP contribution in [0.25, 0.3) is 0 Å². The summed E-state index contributed by atoms with van der Waals surface area (Å²) in [5.74, 6) is -0.191. The average Bonchev–Trinajstić information content (AvgIpc) is 3.11. The fourth-order valence-corrected chi connectivity index (χ4v) is 5.17. The second-order valence-electron chi connectivity index (χ2n) is 8.55. The molecule has 5 nitrogen and oxygen atoms in total. The van der Waals surface area contributed by atoms with Gasteiger partial charge < -0.3 is 15.1 Å². The molecule has 3 saturated heterocycles. The number of aliphatic hydroxyl groups excluding tert-OH is 1. The van der Waals surface area contributed by atoms with Crippen molar-refractivity contribution in [3.63, 3.8) is 0 Å². The van der Waals surface area contributed by atoms with Crippen molar-refractivity contribution in [1.82, 2.24) is 9.80 Å². The Morgan fingerprint density at radius 3 is 2.63 bits per heavy atom. The number of aliphatic hydroxyl groups is 2. The number of nitrogens with zero attached hydrogens (tertiary/aromatic N) is 3. The molecule has 3 aliphatic rings. The molecule has 4 rings (SSSR count). The van der Waals surface area contributed by atoms with Crippen molar-refractivity contribution >= 4 is 5.69 Å². The van der Waals surface area contributed by atoms with Gasteiger partial charge in [0.2, 0.25) is 0 Å². The van der Waals surface area contributed by atoms with Crippen molar-refractivity contribution in [2.24, 2.45) is 0 Å². The highest BCUT2D eigenvalue weighted by Crippen LogP contribution is 2.32. The topological polar surface area (TPSA) is 50.2 Å². The van der Waals surface area contributed by atoms with Gasteiger partial charge in [0.1, 0.15) is 5.82 Å². The van der Waals surface area contributed by atoms with E-state index in [1.807, 2.05) is 17.0 Å². The Kier molecular flexibility index (Phi) is 5.69. The van der Waals surface area contributed by atoms with Crippen molar-refractivity contribution in [3.8, 4) is 0 Å². The Bertz CT molecular complexity index is 636. The Morgan fingerprint density at radius 1 is 1.11 bits per heavy atom. The van der Waals surface area contributed by atoms with E-state index < -0.39 is 5.60 Å². The maximum absolute atomic E-state index is 14.1. The van der Waals surface area contributed by atoms with Crippen LogP contribution in [0.5, 0.6) is 0 Å². The third-order valence-corrected chi connectivity index (χ3v) is 6.75. The highest BCUT2D eigenvalue weighted by molar-refractivity contribution is 5.48. The van der Waals surface area contributed by atoms with E-state index in [1.54, 1.807) is 6.07 Å². The van der Waals surface area contributed by atoms with Gasteiger partial charge in [0.15, 0.2) is 0 Å². The lowest BCUT2D eigenvalue weighted by Crippen LogP contribution is -2.61. The Morgan fingerprint density at radius 2 is 1.89 bits per heavy atom. The smallest absolute Gasteiger partial charge is 0.146 e. The maximum atomic E-state index is 14.1. The molecule has 1 aromatic rings. The van der Waals surface area contributed by atoms with Crippen LogP contribution in [0.1, 0.15) is 32.1 Å². The lowest BCUT2D eigenvalue weighted by molar-refractivity contribution is -0.0537. The summed E-state index contributed by atoms with van der Waals surface area (Å²) in [6.45, 7) is 5.36. The summed E-state index contributed by atoms with van der Waals surface area (Å²) in [7, 11) is 0. The van der Waals surface area contributed by atoms with Crippen molar-refractivity contribution in [3.05, 3.63) is 30.1 Å². The molecule has 0 aromatic heterocycles. The van der Waals surface area contributed by atoms with E-state index in [9.17, 15) is 14.6 Å². The molecule has 6 heteroatoms. The first-order valence-electron chi connectivity index (χ1n) is 10.4. The number of anilines is 1. The van der Waals surface area contributed by atoms with Gasteiger partial charge in [-0.3, -0.25) is 9.80 Å². The largest absolute Gasteiger partial charge is 0.396 e. The predicted octanol–water partition coefficient (Wildman–Crippen LogP) is 1.69. The highest BCUT2D eigenvalue weighted by atomic mass is 19.1. The van der Waals surface area contributed by atoms with Crippen LogP contribution < -0.4 is 4.90 Å². The molecule has 27 heavy (non-hydrogen) atoms. The van der Waals surface area contributed by atoms with Gasteiger partial charge in [-0.2, -0.15) is 0 Å².